The molecule has 1 aromatic heterocycles. The van der Waals surface area contributed by atoms with E-state index in [-0.39, 0.29) is 6.54 Å². The van der Waals surface area contributed by atoms with Gasteiger partial charge in [-0.1, -0.05) is 10.3 Å². The SMILES string of the molecule is [N-]=[N+]=NCc1cc(-c2ccc3c(c2)OCCO3)no1. The Morgan fingerprint density at radius 3 is 2.89 bits per heavy atom. The molecule has 1 aromatic carbocycles. The first-order valence-corrected chi connectivity index (χ1v) is 5.73. The van der Waals surface area contributed by atoms with Crippen molar-refractivity contribution in [2.75, 3.05) is 13.2 Å². The predicted molar refractivity (Wildman–Crippen MR) is 65.8 cm³/mol. The van der Waals surface area contributed by atoms with Crippen molar-refractivity contribution >= 4 is 0 Å². The predicted octanol–water partition coefficient (Wildman–Crippen LogP) is 2.92. The first-order valence-electron chi connectivity index (χ1n) is 5.73. The van der Waals surface area contributed by atoms with Gasteiger partial charge in [0.05, 0.1) is 6.54 Å². The zero-order chi connectivity index (χ0) is 13.1. The van der Waals surface area contributed by atoms with Gasteiger partial charge in [-0.3, -0.25) is 0 Å². The maximum absolute atomic E-state index is 8.25. The van der Waals surface area contributed by atoms with Crippen molar-refractivity contribution in [1.82, 2.24) is 5.16 Å². The summed E-state index contributed by atoms with van der Waals surface area (Å²) in [6.45, 7) is 1.25. The molecular weight excluding hydrogens is 248 g/mol. The monoisotopic (exact) mass is 258 g/mol. The Labute approximate surface area is 108 Å². The van der Waals surface area contributed by atoms with E-state index in [0.29, 0.717) is 30.4 Å². The van der Waals surface area contributed by atoms with Crippen molar-refractivity contribution in [3.63, 3.8) is 0 Å². The number of fused-ring (bicyclic) bond motifs is 1. The minimum Gasteiger partial charge on any atom is -0.486 e. The number of rotatable bonds is 3. The zero-order valence-electron chi connectivity index (χ0n) is 9.94. The molecule has 0 unspecified atom stereocenters. The molecule has 1 aliphatic heterocycles. The van der Waals surface area contributed by atoms with E-state index in [0.717, 1.165) is 11.3 Å². The van der Waals surface area contributed by atoms with E-state index in [9.17, 15) is 0 Å². The van der Waals surface area contributed by atoms with E-state index in [2.05, 4.69) is 15.2 Å². The molecule has 0 N–H and O–H groups in total. The minimum absolute atomic E-state index is 0.147. The van der Waals surface area contributed by atoms with E-state index < -0.39 is 0 Å². The van der Waals surface area contributed by atoms with Gasteiger partial charge in [-0.2, -0.15) is 0 Å². The molecule has 3 rings (SSSR count). The molecule has 0 saturated heterocycles. The minimum atomic E-state index is 0.147. The summed E-state index contributed by atoms with van der Waals surface area (Å²) in [5.74, 6) is 1.94. The number of ether oxygens (including phenoxy) is 2. The number of nitrogens with zero attached hydrogens (tertiary/aromatic N) is 4. The molecule has 7 nitrogen and oxygen atoms in total. The third-order valence-corrected chi connectivity index (χ3v) is 2.69. The third-order valence-electron chi connectivity index (χ3n) is 2.69. The fraction of sp³-hybridized carbons (Fsp3) is 0.250. The van der Waals surface area contributed by atoms with Crippen LogP contribution in [-0.2, 0) is 6.54 Å². The van der Waals surface area contributed by atoms with Crippen LogP contribution in [0.4, 0.5) is 0 Å². The fourth-order valence-electron chi connectivity index (χ4n) is 1.83. The van der Waals surface area contributed by atoms with Crippen LogP contribution in [0, 0.1) is 0 Å². The fourth-order valence-corrected chi connectivity index (χ4v) is 1.83. The van der Waals surface area contributed by atoms with Crippen LogP contribution in [-0.4, -0.2) is 18.4 Å². The van der Waals surface area contributed by atoms with Gasteiger partial charge in [0.1, 0.15) is 24.7 Å². The number of hydrogen-bond acceptors (Lipinski definition) is 5. The van der Waals surface area contributed by atoms with Crippen molar-refractivity contribution in [1.29, 1.82) is 0 Å². The standard InChI is InChI=1S/C12H10N4O3/c13-16-14-7-9-6-10(15-19-9)8-1-2-11-12(5-8)18-4-3-17-11/h1-2,5-6H,3-4,7H2. The first kappa shape index (κ1) is 11.4. The van der Waals surface area contributed by atoms with Crippen LogP contribution in [0.25, 0.3) is 21.7 Å². The van der Waals surface area contributed by atoms with Crippen LogP contribution in [0.2, 0.25) is 0 Å². The van der Waals surface area contributed by atoms with Gasteiger partial charge in [-0.05, 0) is 23.7 Å². The lowest BCUT2D eigenvalue weighted by Crippen LogP contribution is -2.15. The molecule has 0 saturated carbocycles. The van der Waals surface area contributed by atoms with Crippen LogP contribution in [0.3, 0.4) is 0 Å². The van der Waals surface area contributed by atoms with Crippen molar-refractivity contribution in [2.24, 2.45) is 5.11 Å². The Kier molecular flexibility index (Phi) is 2.96. The van der Waals surface area contributed by atoms with Gasteiger partial charge in [0.25, 0.3) is 0 Å². The Hall–Kier alpha value is -2.66. The molecule has 2 heterocycles. The van der Waals surface area contributed by atoms with E-state index in [1.807, 2.05) is 18.2 Å². The molecule has 0 fully saturated rings. The molecule has 7 heteroatoms. The van der Waals surface area contributed by atoms with Gasteiger partial charge >= 0.3 is 0 Å². The quantitative estimate of drug-likeness (QED) is 0.480. The average molecular weight is 258 g/mol. The Bertz CT molecular complexity index is 646. The summed E-state index contributed by atoms with van der Waals surface area (Å²) in [7, 11) is 0. The van der Waals surface area contributed by atoms with E-state index in [1.54, 1.807) is 6.07 Å². The number of aromatic nitrogens is 1. The number of benzene rings is 1. The lowest BCUT2D eigenvalue weighted by Gasteiger charge is -2.18. The number of hydrogen-bond donors (Lipinski definition) is 0. The van der Waals surface area contributed by atoms with Crippen molar-refractivity contribution in [3.8, 4) is 22.8 Å². The van der Waals surface area contributed by atoms with Gasteiger partial charge in [0.2, 0.25) is 0 Å². The first-order chi connectivity index (χ1) is 9.36. The Morgan fingerprint density at radius 1 is 1.21 bits per heavy atom. The van der Waals surface area contributed by atoms with Gasteiger partial charge in [-0.25, -0.2) is 0 Å². The van der Waals surface area contributed by atoms with Crippen LogP contribution in [0.15, 0.2) is 33.9 Å². The second kappa shape index (κ2) is 4.91. The normalized spacial score (nSPS) is 12.8. The molecule has 0 atom stereocenters. The maximum Gasteiger partial charge on any atom is 0.162 e. The van der Waals surface area contributed by atoms with Gasteiger partial charge in [0.15, 0.2) is 11.5 Å². The summed E-state index contributed by atoms with van der Waals surface area (Å²) in [6, 6.07) is 7.30. The summed E-state index contributed by atoms with van der Waals surface area (Å²) in [5.41, 5.74) is 9.78. The highest BCUT2D eigenvalue weighted by Crippen LogP contribution is 2.34. The average Bonchev–Trinajstić information content (AvgIpc) is 2.93. The molecular formula is C12H10N4O3. The Morgan fingerprint density at radius 2 is 2.05 bits per heavy atom. The van der Waals surface area contributed by atoms with Crippen LogP contribution in [0.5, 0.6) is 11.5 Å². The molecule has 0 amide bonds. The molecule has 0 spiro atoms. The topological polar surface area (TPSA) is 93.3 Å². The van der Waals surface area contributed by atoms with Crippen LogP contribution >= 0.6 is 0 Å². The maximum atomic E-state index is 8.25. The highest BCUT2D eigenvalue weighted by atomic mass is 16.6. The lowest BCUT2D eigenvalue weighted by atomic mass is 10.1. The molecule has 0 aliphatic carbocycles. The van der Waals surface area contributed by atoms with Crippen molar-refractivity contribution in [2.45, 2.75) is 6.54 Å². The van der Waals surface area contributed by atoms with Crippen molar-refractivity contribution < 1.29 is 14.0 Å². The number of azide groups is 1. The highest BCUT2D eigenvalue weighted by Gasteiger charge is 2.14. The van der Waals surface area contributed by atoms with Gasteiger partial charge < -0.3 is 14.0 Å². The molecule has 0 radical (unpaired) electrons. The van der Waals surface area contributed by atoms with Crippen molar-refractivity contribution in [3.05, 3.63) is 40.5 Å². The summed E-state index contributed by atoms with van der Waals surface area (Å²) in [6.07, 6.45) is 0. The summed E-state index contributed by atoms with van der Waals surface area (Å²) < 4.78 is 16.0. The third kappa shape index (κ3) is 2.31. The van der Waals surface area contributed by atoms with E-state index >= 15 is 0 Å². The van der Waals surface area contributed by atoms with Gasteiger partial charge in [-0.15, -0.1) is 0 Å². The van der Waals surface area contributed by atoms with Crippen LogP contribution < -0.4 is 9.47 Å². The molecule has 1 aliphatic rings. The van der Waals surface area contributed by atoms with E-state index in [4.69, 9.17) is 19.5 Å². The van der Waals surface area contributed by atoms with Gasteiger partial charge in [0, 0.05) is 16.5 Å². The Balaban J connectivity index is 1.89. The molecule has 19 heavy (non-hydrogen) atoms. The lowest BCUT2D eigenvalue weighted by molar-refractivity contribution is 0.171. The summed E-state index contributed by atoms with van der Waals surface area (Å²) in [4.78, 5) is 2.67. The summed E-state index contributed by atoms with van der Waals surface area (Å²) >= 11 is 0. The largest absolute Gasteiger partial charge is 0.486 e. The van der Waals surface area contributed by atoms with E-state index in [1.165, 1.54) is 0 Å². The summed E-state index contributed by atoms with van der Waals surface area (Å²) in [5, 5.41) is 7.35. The second-order valence-electron chi connectivity index (χ2n) is 3.93. The zero-order valence-corrected chi connectivity index (χ0v) is 9.94. The molecule has 96 valence electrons. The molecule has 0 bridgehead atoms. The second-order valence-corrected chi connectivity index (χ2v) is 3.93. The molecule has 2 aromatic rings. The van der Waals surface area contributed by atoms with Crippen LogP contribution in [0.1, 0.15) is 5.76 Å². The smallest absolute Gasteiger partial charge is 0.162 e. The highest BCUT2D eigenvalue weighted by molar-refractivity contribution is 5.64.